The molecule has 0 saturated carbocycles. The van der Waals surface area contributed by atoms with Crippen molar-refractivity contribution in [1.29, 1.82) is 0 Å². The largest absolute Gasteiger partial charge is 0.322 e. The molecule has 0 unspecified atom stereocenters. The summed E-state index contributed by atoms with van der Waals surface area (Å²) >= 11 is 1.62. The number of benzene rings is 3. The molecule has 0 radical (unpaired) electrons. The fourth-order valence-corrected chi connectivity index (χ4v) is 4.14. The Morgan fingerprint density at radius 2 is 1.84 bits per heavy atom. The molecular weight excluding hydrogens is 420 g/mol. The molecule has 7 heteroatoms. The van der Waals surface area contributed by atoms with E-state index in [0.717, 1.165) is 27.2 Å². The van der Waals surface area contributed by atoms with Gasteiger partial charge < -0.3 is 5.32 Å². The summed E-state index contributed by atoms with van der Waals surface area (Å²) in [6, 6.07) is 20.7. The molecule has 3 aromatic carbocycles. The molecule has 1 amide bonds. The van der Waals surface area contributed by atoms with E-state index < -0.39 is 0 Å². The number of nitrogens with one attached hydrogen (secondary N) is 2. The molecule has 2 N–H and O–H groups in total. The summed E-state index contributed by atoms with van der Waals surface area (Å²) in [5.74, 6) is -0.220. The number of H-pyrrole nitrogens is 1. The van der Waals surface area contributed by atoms with Crippen molar-refractivity contribution in [2.24, 2.45) is 0 Å². The molecule has 0 aliphatic carbocycles. The van der Waals surface area contributed by atoms with Crippen LogP contribution in [0.15, 0.2) is 82.6 Å². The minimum Gasteiger partial charge on any atom is -0.322 e. The lowest BCUT2D eigenvalue weighted by atomic mass is 10.1. The summed E-state index contributed by atoms with van der Waals surface area (Å²) in [6.45, 7) is 2.00. The third-order valence-electron chi connectivity index (χ3n) is 5.41. The molecule has 2 aromatic heterocycles. The van der Waals surface area contributed by atoms with Crippen LogP contribution in [0.2, 0.25) is 0 Å². The van der Waals surface area contributed by atoms with E-state index in [9.17, 15) is 9.59 Å². The van der Waals surface area contributed by atoms with E-state index >= 15 is 0 Å². The van der Waals surface area contributed by atoms with Gasteiger partial charge in [-0.2, -0.15) is 0 Å². The van der Waals surface area contributed by atoms with Crippen molar-refractivity contribution in [2.45, 2.75) is 11.8 Å². The van der Waals surface area contributed by atoms with E-state index in [1.807, 2.05) is 61.7 Å². The van der Waals surface area contributed by atoms with Crippen LogP contribution in [0, 0.1) is 6.92 Å². The van der Waals surface area contributed by atoms with E-state index in [1.54, 1.807) is 36.2 Å². The first kappa shape index (κ1) is 20.1. The van der Waals surface area contributed by atoms with Crippen LogP contribution in [-0.4, -0.2) is 26.9 Å². The fourth-order valence-electron chi connectivity index (χ4n) is 3.68. The number of anilines is 1. The molecule has 158 valence electrons. The number of aryl methyl sites for hydroxylation is 1. The highest BCUT2D eigenvalue weighted by Crippen LogP contribution is 2.24. The van der Waals surface area contributed by atoms with Crippen LogP contribution in [0.1, 0.15) is 15.9 Å². The smallest absolute Gasteiger partial charge is 0.280 e. The van der Waals surface area contributed by atoms with Gasteiger partial charge in [0, 0.05) is 27.7 Å². The Morgan fingerprint density at radius 3 is 2.62 bits per heavy atom. The van der Waals surface area contributed by atoms with Gasteiger partial charge in [0.05, 0.1) is 22.1 Å². The van der Waals surface area contributed by atoms with Gasteiger partial charge in [0.2, 0.25) is 0 Å². The lowest BCUT2D eigenvalue weighted by Crippen LogP contribution is -2.14. The first-order chi connectivity index (χ1) is 15.5. The molecule has 0 aliphatic heterocycles. The molecule has 0 bridgehead atoms. The summed E-state index contributed by atoms with van der Waals surface area (Å²) in [7, 11) is 0. The van der Waals surface area contributed by atoms with Gasteiger partial charge in [-0.25, -0.2) is 4.68 Å². The number of aromatic nitrogens is 3. The Balaban J connectivity index is 1.58. The van der Waals surface area contributed by atoms with Crippen molar-refractivity contribution in [2.75, 3.05) is 11.6 Å². The topological polar surface area (TPSA) is 79.8 Å². The SMILES string of the molecule is CSc1cccc(NC(=O)c2ccc3ncc4c(=O)n(-c5ccc(C)cc5)[nH]c4c3c2)c1. The molecule has 0 spiro atoms. The molecule has 0 saturated heterocycles. The number of amides is 1. The number of pyridine rings is 1. The highest BCUT2D eigenvalue weighted by atomic mass is 32.2. The normalized spacial score (nSPS) is 11.2. The Kier molecular flexibility index (Phi) is 5.03. The maximum atomic E-state index is 13.0. The number of hydrogen-bond acceptors (Lipinski definition) is 4. The zero-order valence-electron chi connectivity index (χ0n) is 17.5. The highest BCUT2D eigenvalue weighted by molar-refractivity contribution is 7.98. The van der Waals surface area contributed by atoms with Gasteiger partial charge in [-0.15, -0.1) is 11.8 Å². The number of hydrogen-bond donors (Lipinski definition) is 2. The van der Waals surface area contributed by atoms with Gasteiger partial charge >= 0.3 is 0 Å². The molecule has 2 heterocycles. The average molecular weight is 441 g/mol. The predicted molar refractivity (Wildman–Crippen MR) is 130 cm³/mol. The predicted octanol–water partition coefficient (Wildman–Crippen LogP) is 5.15. The molecule has 0 fully saturated rings. The van der Waals surface area contributed by atoms with E-state index in [-0.39, 0.29) is 11.5 Å². The second-order valence-corrected chi connectivity index (χ2v) is 8.43. The first-order valence-corrected chi connectivity index (χ1v) is 11.3. The van der Waals surface area contributed by atoms with Gasteiger partial charge in [0.15, 0.2) is 0 Å². The van der Waals surface area contributed by atoms with Crippen molar-refractivity contribution in [1.82, 2.24) is 14.8 Å². The van der Waals surface area contributed by atoms with Gasteiger partial charge in [0.25, 0.3) is 11.5 Å². The molecule has 0 aliphatic rings. The molecule has 5 rings (SSSR count). The summed E-state index contributed by atoms with van der Waals surface area (Å²) in [4.78, 5) is 31.4. The lowest BCUT2D eigenvalue weighted by Gasteiger charge is -2.08. The van der Waals surface area contributed by atoms with E-state index in [2.05, 4.69) is 15.4 Å². The van der Waals surface area contributed by atoms with Crippen LogP contribution in [-0.2, 0) is 0 Å². The third kappa shape index (κ3) is 3.56. The maximum Gasteiger partial charge on any atom is 0.280 e. The first-order valence-electron chi connectivity index (χ1n) is 10.1. The van der Waals surface area contributed by atoms with E-state index in [0.29, 0.717) is 22.0 Å². The average Bonchev–Trinajstić information content (AvgIpc) is 3.16. The summed E-state index contributed by atoms with van der Waals surface area (Å²) < 4.78 is 1.51. The van der Waals surface area contributed by atoms with Crippen LogP contribution in [0.5, 0.6) is 0 Å². The summed E-state index contributed by atoms with van der Waals surface area (Å²) in [5, 5.41) is 7.34. The number of carbonyl (C=O) groups excluding carboxylic acids is 1. The number of aromatic amines is 1. The lowest BCUT2D eigenvalue weighted by molar-refractivity contribution is 0.102. The molecule has 0 atom stereocenters. The van der Waals surface area contributed by atoms with Crippen molar-refractivity contribution < 1.29 is 4.79 Å². The number of fused-ring (bicyclic) bond motifs is 3. The zero-order valence-corrected chi connectivity index (χ0v) is 18.4. The Hall–Kier alpha value is -3.84. The van der Waals surface area contributed by atoms with Gasteiger partial charge in [-0.3, -0.25) is 19.7 Å². The van der Waals surface area contributed by atoms with E-state index in [4.69, 9.17) is 0 Å². The van der Waals surface area contributed by atoms with Crippen LogP contribution in [0.3, 0.4) is 0 Å². The van der Waals surface area contributed by atoms with Gasteiger partial charge in [-0.05, 0) is 61.7 Å². The van der Waals surface area contributed by atoms with Crippen LogP contribution < -0.4 is 10.9 Å². The Labute approximate surface area is 188 Å². The van der Waals surface area contributed by atoms with Crippen molar-refractivity contribution in [3.8, 4) is 5.69 Å². The summed E-state index contributed by atoms with van der Waals surface area (Å²) in [6.07, 6.45) is 3.57. The third-order valence-corrected chi connectivity index (χ3v) is 6.13. The van der Waals surface area contributed by atoms with E-state index in [1.165, 1.54) is 4.68 Å². The van der Waals surface area contributed by atoms with Crippen molar-refractivity contribution >= 4 is 45.2 Å². The zero-order chi connectivity index (χ0) is 22.2. The highest BCUT2D eigenvalue weighted by Gasteiger charge is 2.14. The van der Waals surface area contributed by atoms with Gasteiger partial charge in [-0.1, -0.05) is 23.8 Å². The molecular formula is C25H20N4O2S. The van der Waals surface area contributed by atoms with Crippen molar-refractivity contribution in [3.63, 3.8) is 0 Å². The van der Waals surface area contributed by atoms with Crippen molar-refractivity contribution in [3.05, 3.63) is 94.4 Å². The molecule has 6 nitrogen and oxygen atoms in total. The monoisotopic (exact) mass is 440 g/mol. The second-order valence-electron chi connectivity index (χ2n) is 7.55. The van der Waals surface area contributed by atoms with Crippen LogP contribution in [0.25, 0.3) is 27.5 Å². The van der Waals surface area contributed by atoms with Crippen LogP contribution >= 0.6 is 11.8 Å². The molecule has 32 heavy (non-hydrogen) atoms. The quantitative estimate of drug-likeness (QED) is 0.379. The Morgan fingerprint density at radius 1 is 1.03 bits per heavy atom. The maximum absolute atomic E-state index is 13.0. The minimum atomic E-state index is -0.220. The minimum absolute atomic E-state index is 0.179. The summed E-state index contributed by atoms with van der Waals surface area (Å²) in [5.41, 5.74) is 4.26. The second kappa shape index (κ2) is 8.01. The number of nitrogens with zero attached hydrogens (tertiary/aromatic N) is 2. The number of thioether (sulfide) groups is 1. The molecule has 5 aromatic rings. The fraction of sp³-hybridized carbons (Fsp3) is 0.0800. The standard InChI is InChI=1S/C25H20N4O2S/c1-15-6-9-18(10-7-15)29-25(31)21-14-26-22-11-8-16(12-20(22)23(21)28-29)24(30)27-17-4-3-5-19(13-17)32-2/h3-14,28H,1-2H3,(H,27,30). The number of carbonyl (C=O) groups is 1. The van der Waals surface area contributed by atoms with Gasteiger partial charge in [0.1, 0.15) is 0 Å². The number of rotatable bonds is 4. The van der Waals surface area contributed by atoms with Crippen LogP contribution in [0.4, 0.5) is 5.69 Å². The Bertz CT molecular complexity index is 1530.